The molecule has 1 N–H and O–H groups in total. The van der Waals surface area contributed by atoms with E-state index in [2.05, 4.69) is 16.8 Å². The third-order valence-electron chi connectivity index (χ3n) is 3.67. The van der Waals surface area contributed by atoms with E-state index in [1.807, 2.05) is 12.1 Å². The van der Waals surface area contributed by atoms with Crippen LogP contribution in [0.5, 0.6) is 0 Å². The maximum Gasteiger partial charge on any atom is 0.187 e. The van der Waals surface area contributed by atoms with E-state index in [9.17, 15) is 4.39 Å². The maximum absolute atomic E-state index is 13.1. The summed E-state index contributed by atoms with van der Waals surface area (Å²) in [6.45, 7) is 9.15. The van der Waals surface area contributed by atoms with Gasteiger partial charge in [0.2, 0.25) is 0 Å². The second-order valence-electron chi connectivity index (χ2n) is 5.33. The lowest BCUT2D eigenvalue weighted by Gasteiger charge is -2.01. The summed E-state index contributed by atoms with van der Waals surface area (Å²) in [4.78, 5) is 11.5. The highest BCUT2D eigenvalue weighted by molar-refractivity contribution is 5.69. The molecule has 0 aliphatic carbocycles. The molecule has 0 bridgehead atoms. The van der Waals surface area contributed by atoms with Crippen molar-refractivity contribution in [2.75, 3.05) is 0 Å². The molecule has 0 unspecified atom stereocenters. The number of halogens is 1. The molecule has 0 radical (unpaired) electrons. The number of rotatable bonds is 4. The SMILES string of the molecule is [C-]#[N+]c1ccc(-c2nc(-c3ccc(F)cc3)[nH]c2CCC)cc1. The van der Waals surface area contributed by atoms with Crippen LogP contribution in [0.4, 0.5) is 10.1 Å². The molecule has 1 heterocycles. The molecular formula is C19H16FN3. The maximum atomic E-state index is 13.1. The summed E-state index contributed by atoms with van der Waals surface area (Å²) in [7, 11) is 0. The quantitative estimate of drug-likeness (QED) is 0.644. The Labute approximate surface area is 134 Å². The molecule has 3 nitrogen and oxygen atoms in total. The van der Waals surface area contributed by atoms with Gasteiger partial charge >= 0.3 is 0 Å². The Bertz CT molecular complexity index is 840. The Morgan fingerprint density at radius 3 is 2.30 bits per heavy atom. The zero-order valence-corrected chi connectivity index (χ0v) is 12.8. The third-order valence-corrected chi connectivity index (χ3v) is 3.67. The van der Waals surface area contributed by atoms with E-state index in [1.165, 1.54) is 12.1 Å². The van der Waals surface area contributed by atoms with E-state index >= 15 is 0 Å². The molecular weight excluding hydrogens is 289 g/mol. The molecule has 3 aromatic rings. The molecule has 0 aliphatic rings. The zero-order chi connectivity index (χ0) is 16.2. The van der Waals surface area contributed by atoms with Gasteiger partial charge in [-0.1, -0.05) is 37.6 Å². The van der Waals surface area contributed by atoms with Crippen molar-refractivity contribution in [3.05, 3.63) is 71.5 Å². The highest BCUT2D eigenvalue weighted by Crippen LogP contribution is 2.28. The first-order chi connectivity index (χ1) is 11.2. The predicted octanol–water partition coefficient (Wildman–Crippen LogP) is 5.39. The van der Waals surface area contributed by atoms with E-state index in [-0.39, 0.29) is 5.82 Å². The Balaban J connectivity index is 2.04. The molecule has 0 atom stereocenters. The van der Waals surface area contributed by atoms with Gasteiger partial charge in [0, 0.05) is 11.3 Å². The lowest BCUT2D eigenvalue weighted by Crippen LogP contribution is -1.87. The third kappa shape index (κ3) is 3.14. The molecule has 23 heavy (non-hydrogen) atoms. The summed E-state index contributed by atoms with van der Waals surface area (Å²) in [5.41, 5.74) is 4.39. The van der Waals surface area contributed by atoms with Crippen LogP contribution in [0, 0.1) is 12.4 Å². The highest BCUT2D eigenvalue weighted by Gasteiger charge is 2.13. The lowest BCUT2D eigenvalue weighted by atomic mass is 10.1. The van der Waals surface area contributed by atoms with E-state index < -0.39 is 0 Å². The van der Waals surface area contributed by atoms with Crippen LogP contribution >= 0.6 is 0 Å². The van der Waals surface area contributed by atoms with Gasteiger partial charge in [0.05, 0.1) is 12.3 Å². The Kier molecular flexibility index (Phi) is 4.20. The minimum absolute atomic E-state index is 0.260. The van der Waals surface area contributed by atoms with Crippen LogP contribution in [0.2, 0.25) is 0 Å². The van der Waals surface area contributed by atoms with Crippen molar-refractivity contribution < 1.29 is 4.39 Å². The molecule has 0 spiro atoms. The highest BCUT2D eigenvalue weighted by atomic mass is 19.1. The molecule has 3 rings (SSSR count). The summed E-state index contributed by atoms with van der Waals surface area (Å²) in [5.74, 6) is 0.474. The smallest absolute Gasteiger partial charge is 0.187 e. The number of hydrogen-bond donors (Lipinski definition) is 1. The summed E-state index contributed by atoms with van der Waals surface area (Å²) in [5, 5.41) is 0. The topological polar surface area (TPSA) is 33.0 Å². The average molecular weight is 305 g/mol. The van der Waals surface area contributed by atoms with Crippen LogP contribution < -0.4 is 0 Å². The molecule has 4 heteroatoms. The number of hydrogen-bond acceptors (Lipinski definition) is 1. The second-order valence-corrected chi connectivity index (χ2v) is 5.33. The van der Waals surface area contributed by atoms with Crippen molar-refractivity contribution in [3.63, 3.8) is 0 Å². The van der Waals surface area contributed by atoms with Crippen LogP contribution in [0.3, 0.4) is 0 Å². The van der Waals surface area contributed by atoms with E-state index in [0.717, 1.165) is 41.2 Å². The van der Waals surface area contributed by atoms with Crippen LogP contribution in [-0.4, -0.2) is 9.97 Å². The molecule has 0 saturated heterocycles. The normalized spacial score (nSPS) is 10.5. The first kappa shape index (κ1) is 15.0. The van der Waals surface area contributed by atoms with E-state index in [4.69, 9.17) is 11.6 Å². The largest absolute Gasteiger partial charge is 0.341 e. The summed E-state index contributed by atoms with van der Waals surface area (Å²) < 4.78 is 13.1. The van der Waals surface area contributed by atoms with Gasteiger partial charge < -0.3 is 4.98 Å². The zero-order valence-electron chi connectivity index (χ0n) is 12.8. The van der Waals surface area contributed by atoms with Crippen molar-refractivity contribution in [1.29, 1.82) is 0 Å². The number of aryl methyl sites for hydroxylation is 1. The molecule has 1 aromatic heterocycles. The molecule has 0 fully saturated rings. The molecule has 114 valence electrons. The number of H-pyrrole nitrogens is 1. The van der Waals surface area contributed by atoms with Gasteiger partial charge in [0.25, 0.3) is 0 Å². The summed E-state index contributed by atoms with van der Waals surface area (Å²) >= 11 is 0. The standard InChI is InChI=1S/C19H16FN3/c1-3-4-17-18(13-7-11-16(21-2)12-8-13)23-19(22-17)14-5-9-15(20)10-6-14/h5-12H,3-4H2,1H3,(H,22,23). The van der Waals surface area contributed by atoms with Gasteiger partial charge in [-0.05, 0) is 36.2 Å². The van der Waals surface area contributed by atoms with Crippen molar-refractivity contribution in [2.24, 2.45) is 0 Å². The lowest BCUT2D eigenvalue weighted by molar-refractivity contribution is 0.628. The van der Waals surface area contributed by atoms with Crippen molar-refractivity contribution in [2.45, 2.75) is 19.8 Å². The fourth-order valence-electron chi connectivity index (χ4n) is 2.52. The number of nitrogens with one attached hydrogen (secondary N) is 1. The Morgan fingerprint density at radius 1 is 1.04 bits per heavy atom. The predicted molar refractivity (Wildman–Crippen MR) is 89.7 cm³/mol. The number of aromatic nitrogens is 2. The second kappa shape index (κ2) is 6.45. The Hall–Kier alpha value is -2.93. The fourth-order valence-corrected chi connectivity index (χ4v) is 2.52. The average Bonchev–Trinajstić information content (AvgIpc) is 3.00. The van der Waals surface area contributed by atoms with E-state index in [1.54, 1.807) is 24.3 Å². The number of benzene rings is 2. The molecule has 0 saturated carbocycles. The van der Waals surface area contributed by atoms with Gasteiger partial charge in [-0.3, -0.25) is 0 Å². The first-order valence-electron chi connectivity index (χ1n) is 7.54. The molecule has 2 aromatic carbocycles. The van der Waals surface area contributed by atoms with Crippen LogP contribution in [0.25, 0.3) is 27.5 Å². The monoisotopic (exact) mass is 305 g/mol. The fraction of sp³-hybridized carbons (Fsp3) is 0.158. The minimum atomic E-state index is -0.260. The minimum Gasteiger partial charge on any atom is -0.341 e. The van der Waals surface area contributed by atoms with Crippen molar-refractivity contribution >= 4 is 5.69 Å². The number of imidazole rings is 1. The van der Waals surface area contributed by atoms with Crippen molar-refractivity contribution in [1.82, 2.24) is 9.97 Å². The number of aromatic amines is 1. The summed E-state index contributed by atoms with van der Waals surface area (Å²) in [6, 6.07) is 13.7. The van der Waals surface area contributed by atoms with Gasteiger partial charge in [0.15, 0.2) is 5.69 Å². The van der Waals surface area contributed by atoms with E-state index in [0.29, 0.717) is 5.69 Å². The van der Waals surface area contributed by atoms with Gasteiger partial charge in [-0.15, -0.1) is 0 Å². The Morgan fingerprint density at radius 2 is 1.70 bits per heavy atom. The van der Waals surface area contributed by atoms with Gasteiger partial charge in [0.1, 0.15) is 11.6 Å². The van der Waals surface area contributed by atoms with Crippen LogP contribution in [0.15, 0.2) is 48.5 Å². The first-order valence-corrected chi connectivity index (χ1v) is 7.54. The van der Waals surface area contributed by atoms with Gasteiger partial charge in [-0.25, -0.2) is 14.2 Å². The summed E-state index contributed by atoms with van der Waals surface area (Å²) in [6.07, 6.45) is 1.88. The van der Waals surface area contributed by atoms with Crippen molar-refractivity contribution in [3.8, 4) is 22.6 Å². The van der Waals surface area contributed by atoms with Crippen LogP contribution in [0.1, 0.15) is 19.0 Å². The van der Waals surface area contributed by atoms with Crippen LogP contribution in [-0.2, 0) is 6.42 Å². The molecule has 0 aliphatic heterocycles. The molecule has 0 amide bonds. The number of nitrogens with zero attached hydrogens (tertiary/aromatic N) is 2. The van der Waals surface area contributed by atoms with Gasteiger partial charge in [-0.2, -0.15) is 0 Å².